The van der Waals surface area contributed by atoms with Crippen LogP contribution in [-0.4, -0.2) is 17.7 Å². The molecule has 1 aromatic carbocycles. The number of aliphatic hydroxyl groups is 1. The molecule has 84 valence electrons. The van der Waals surface area contributed by atoms with Crippen LogP contribution in [0.25, 0.3) is 0 Å². The maximum Gasteiger partial charge on any atom is 0.124 e. The van der Waals surface area contributed by atoms with Crippen LogP contribution in [0.3, 0.4) is 0 Å². The minimum absolute atomic E-state index is 0.257. The van der Waals surface area contributed by atoms with E-state index in [1.165, 1.54) is 18.2 Å². The molecule has 0 amide bonds. The molecule has 2 N–H and O–H groups in total. The molecule has 0 aliphatic rings. The molecule has 4 heteroatoms. The van der Waals surface area contributed by atoms with Crippen LogP contribution in [0.2, 0.25) is 5.02 Å². The summed E-state index contributed by atoms with van der Waals surface area (Å²) in [5.74, 6) is -0.396. The molecule has 1 unspecified atom stereocenters. The lowest BCUT2D eigenvalue weighted by Crippen LogP contribution is -2.28. The fourth-order valence-corrected chi connectivity index (χ4v) is 1.52. The van der Waals surface area contributed by atoms with E-state index >= 15 is 0 Å². The van der Waals surface area contributed by atoms with E-state index in [0.29, 0.717) is 18.2 Å². The highest BCUT2D eigenvalue weighted by Gasteiger charge is 2.12. The van der Waals surface area contributed by atoms with Gasteiger partial charge in [-0.15, -0.1) is 0 Å². The summed E-state index contributed by atoms with van der Waals surface area (Å²) in [4.78, 5) is 0. The molecule has 0 fully saturated rings. The Kier molecular flexibility index (Phi) is 4.51. The Morgan fingerprint density at radius 3 is 2.67 bits per heavy atom. The van der Waals surface area contributed by atoms with Crippen molar-refractivity contribution < 1.29 is 9.50 Å². The first-order chi connectivity index (χ1) is 7.00. The highest BCUT2D eigenvalue weighted by Crippen LogP contribution is 2.23. The lowest BCUT2D eigenvalue weighted by Gasteiger charge is -2.15. The number of nitrogens with one attached hydrogen (secondary N) is 1. The molecular formula is C11H15ClFNO. The van der Waals surface area contributed by atoms with E-state index in [9.17, 15) is 9.50 Å². The molecule has 0 spiro atoms. The maximum absolute atomic E-state index is 12.7. The summed E-state index contributed by atoms with van der Waals surface area (Å²) in [5, 5.41) is 13.1. The van der Waals surface area contributed by atoms with Crippen LogP contribution in [0.15, 0.2) is 18.2 Å². The Hall–Kier alpha value is -0.640. The lowest BCUT2D eigenvalue weighted by molar-refractivity contribution is 0.171. The Balaban J connectivity index is 2.69. The van der Waals surface area contributed by atoms with Gasteiger partial charge in [0.25, 0.3) is 0 Å². The van der Waals surface area contributed by atoms with Gasteiger partial charge in [0.2, 0.25) is 0 Å². The normalized spacial score (nSPS) is 13.2. The highest BCUT2D eigenvalue weighted by molar-refractivity contribution is 6.31. The second-order valence-electron chi connectivity index (χ2n) is 3.74. The third kappa shape index (κ3) is 3.78. The summed E-state index contributed by atoms with van der Waals surface area (Å²) in [7, 11) is 0. The minimum Gasteiger partial charge on any atom is -0.387 e. The molecule has 0 aliphatic heterocycles. The molecule has 2 nitrogen and oxygen atoms in total. The first-order valence-corrected chi connectivity index (χ1v) is 5.25. The molecule has 0 radical (unpaired) electrons. The molecule has 1 rings (SSSR count). The third-order valence-corrected chi connectivity index (χ3v) is 2.37. The Labute approximate surface area is 94.1 Å². The van der Waals surface area contributed by atoms with Crippen LogP contribution >= 0.6 is 11.6 Å². The monoisotopic (exact) mass is 231 g/mol. The highest BCUT2D eigenvalue weighted by atomic mass is 35.5. The van der Waals surface area contributed by atoms with E-state index in [4.69, 9.17) is 11.6 Å². The van der Waals surface area contributed by atoms with Gasteiger partial charge in [-0.05, 0) is 12.1 Å². The fraction of sp³-hybridized carbons (Fsp3) is 0.455. The van der Waals surface area contributed by atoms with Crippen molar-refractivity contribution >= 4 is 11.6 Å². The van der Waals surface area contributed by atoms with Crippen molar-refractivity contribution in [2.75, 3.05) is 6.54 Å². The zero-order valence-electron chi connectivity index (χ0n) is 8.80. The lowest BCUT2D eigenvalue weighted by atomic mass is 10.1. The van der Waals surface area contributed by atoms with Crippen LogP contribution in [-0.2, 0) is 0 Å². The molecule has 0 heterocycles. The van der Waals surface area contributed by atoms with Gasteiger partial charge in [0.15, 0.2) is 0 Å². The van der Waals surface area contributed by atoms with E-state index in [2.05, 4.69) is 5.32 Å². The summed E-state index contributed by atoms with van der Waals surface area (Å²) in [5.41, 5.74) is 0.547. The third-order valence-electron chi connectivity index (χ3n) is 2.04. The SMILES string of the molecule is CC(C)NCC(O)c1ccc(F)cc1Cl. The summed E-state index contributed by atoms with van der Waals surface area (Å²) in [6, 6.07) is 4.29. The molecular weight excluding hydrogens is 217 g/mol. The van der Waals surface area contributed by atoms with Crippen LogP contribution in [0.4, 0.5) is 4.39 Å². The zero-order valence-corrected chi connectivity index (χ0v) is 9.55. The molecule has 0 aliphatic carbocycles. The van der Waals surface area contributed by atoms with Crippen molar-refractivity contribution in [2.45, 2.75) is 26.0 Å². The van der Waals surface area contributed by atoms with Crippen LogP contribution in [0.1, 0.15) is 25.5 Å². The number of hydrogen-bond acceptors (Lipinski definition) is 2. The van der Waals surface area contributed by atoms with Gasteiger partial charge < -0.3 is 10.4 Å². The molecule has 0 aromatic heterocycles. The smallest absolute Gasteiger partial charge is 0.124 e. The van der Waals surface area contributed by atoms with Gasteiger partial charge >= 0.3 is 0 Å². The largest absolute Gasteiger partial charge is 0.387 e. The Morgan fingerprint density at radius 2 is 2.13 bits per heavy atom. The van der Waals surface area contributed by atoms with Crippen molar-refractivity contribution in [3.63, 3.8) is 0 Å². The van der Waals surface area contributed by atoms with Gasteiger partial charge in [-0.25, -0.2) is 4.39 Å². The van der Waals surface area contributed by atoms with Gasteiger partial charge in [-0.1, -0.05) is 31.5 Å². The number of rotatable bonds is 4. The minimum atomic E-state index is -0.708. The van der Waals surface area contributed by atoms with Crippen molar-refractivity contribution in [3.8, 4) is 0 Å². The first kappa shape index (κ1) is 12.4. The van der Waals surface area contributed by atoms with Crippen LogP contribution < -0.4 is 5.32 Å². The van der Waals surface area contributed by atoms with Crippen LogP contribution in [0.5, 0.6) is 0 Å². The van der Waals surface area contributed by atoms with Gasteiger partial charge in [-0.3, -0.25) is 0 Å². The summed E-state index contributed by atoms with van der Waals surface area (Å²) in [6.07, 6.45) is -0.708. The predicted molar refractivity (Wildman–Crippen MR) is 59.5 cm³/mol. The van der Waals surface area contributed by atoms with E-state index in [1.807, 2.05) is 13.8 Å². The average molecular weight is 232 g/mol. The van der Waals surface area contributed by atoms with Crippen LogP contribution in [0, 0.1) is 5.82 Å². The van der Waals surface area contributed by atoms with Gasteiger partial charge in [-0.2, -0.15) is 0 Å². The summed E-state index contributed by atoms with van der Waals surface area (Å²) in [6.45, 7) is 4.38. The molecule has 0 bridgehead atoms. The van der Waals surface area contributed by atoms with Crippen molar-refractivity contribution in [1.82, 2.24) is 5.32 Å². The predicted octanol–water partition coefficient (Wildman–Crippen LogP) is 2.51. The number of aliphatic hydroxyl groups excluding tert-OH is 1. The second kappa shape index (κ2) is 5.45. The van der Waals surface area contributed by atoms with E-state index < -0.39 is 11.9 Å². The molecule has 0 saturated carbocycles. The Morgan fingerprint density at radius 1 is 1.47 bits per heavy atom. The second-order valence-corrected chi connectivity index (χ2v) is 4.15. The van der Waals surface area contributed by atoms with Crippen molar-refractivity contribution in [2.24, 2.45) is 0 Å². The number of halogens is 2. The van der Waals surface area contributed by atoms with Gasteiger partial charge in [0, 0.05) is 23.2 Å². The van der Waals surface area contributed by atoms with Gasteiger partial charge in [0.1, 0.15) is 5.82 Å². The van der Waals surface area contributed by atoms with Gasteiger partial charge in [0.05, 0.1) is 6.10 Å². The van der Waals surface area contributed by atoms with E-state index in [1.54, 1.807) is 0 Å². The van der Waals surface area contributed by atoms with E-state index in [0.717, 1.165) is 0 Å². The standard InChI is InChI=1S/C11H15ClFNO/c1-7(2)14-6-11(15)9-4-3-8(13)5-10(9)12/h3-5,7,11,14-15H,6H2,1-2H3. The van der Waals surface area contributed by atoms with Crippen molar-refractivity contribution in [1.29, 1.82) is 0 Å². The number of hydrogen-bond donors (Lipinski definition) is 2. The molecule has 1 aromatic rings. The summed E-state index contributed by atoms with van der Waals surface area (Å²) >= 11 is 5.81. The Bertz CT molecular complexity index is 330. The molecule has 15 heavy (non-hydrogen) atoms. The van der Waals surface area contributed by atoms with Crippen molar-refractivity contribution in [3.05, 3.63) is 34.6 Å². The maximum atomic E-state index is 12.7. The summed E-state index contributed by atoms with van der Waals surface area (Å²) < 4.78 is 12.7. The number of benzene rings is 1. The topological polar surface area (TPSA) is 32.3 Å². The molecule has 1 atom stereocenters. The van der Waals surface area contributed by atoms with E-state index in [-0.39, 0.29) is 5.02 Å². The molecule has 0 saturated heterocycles. The first-order valence-electron chi connectivity index (χ1n) is 4.87. The average Bonchev–Trinajstić information content (AvgIpc) is 2.14. The zero-order chi connectivity index (χ0) is 11.4. The fourth-order valence-electron chi connectivity index (χ4n) is 1.23. The quantitative estimate of drug-likeness (QED) is 0.835.